The van der Waals surface area contributed by atoms with Gasteiger partial charge in [-0.2, -0.15) is 11.3 Å². The second-order valence-electron chi connectivity index (χ2n) is 3.05. The Bertz CT molecular complexity index is 261. The topological polar surface area (TPSA) is 29.1 Å². The molecule has 0 aliphatic heterocycles. The van der Waals surface area contributed by atoms with E-state index in [9.17, 15) is 4.79 Å². The zero-order valence-corrected chi connectivity index (χ0v) is 10.9. The Labute approximate surface area is 102 Å². The highest BCUT2D eigenvalue weighted by molar-refractivity contribution is 14.1. The molecule has 0 aromatic carbocycles. The summed E-state index contributed by atoms with van der Waals surface area (Å²) in [6, 6.07) is 2.00. The van der Waals surface area contributed by atoms with Gasteiger partial charge in [0.1, 0.15) is 0 Å². The molecule has 78 valence electrons. The molecule has 0 saturated heterocycles. The van der Waals surface area contributed by atoms with E-state index >= 15 is 0 Å². The lowest BCUT2D eigenvalue weighted by Crippen LogP contribution is -2.25. The van der Waals surface area contributed by atoms with Gasteiger partial charge in [-0.15, -0.1) is 0 Å². The molecule has 1 aromatic heterocycles. The monoisotopic (exact) mass is 323 g/mol. The molecule has 1 N–H and O–H groups in total. The zero-order chi connectivity index (χ0) is 10.2. The molecule has 0 unspecified atom stereocenters. The lowest BCUT2D eigenvalue weighted by atomic mass is 10.2. The van der Waals surface area contributed by atoms with Crippen LogP contribution in [0.25, 0.3) is 0 Å². The number of halogens is 1. The van der Waals surface area contributed by atoms with Gasteiger partial charge in [0.2, 0.25) is 5.91 Å². The van der Waals surface area contributed by atoms with Gasteiger partial charge in [-0.1, -0.05) is 22.6 Å². The third kappa shape index (κ3) is 4.95. The Balaban J connectivity index is 2.11. The predicted octanol–water partition coefficient (Wildman–Crippen LogP) is 2.62. The first kappa shape index (κ1) is 12.0. The largest absolute Gasteiger partial charge is 0.356 e. The van der Waals surface area contributed by atoms with Crippen LogP contribution >= 0.6 is 33.9 Å². The lowest BCUT2D eigenvalue weighted by Gasteiger charge is -2.02. The smallest absolute Gasteiger partial charge is 0.224 e. The number of carbonyl (C=O) groups excluding carboxylic acids is 1. The standard InChI is InChI=1S/C10H14INOS/c11-4-1-2-5-12-10(13)7-9-3-6-14-8-9/h3,6,8H,1-2,4-5,7H2,(H,12,13). The van der Waals surface area contributed by atoms with Gasteiger partial charge >= 0.3 is 0 Å². The van der Waals surface area contributed by atoms with Crippen molar-refractivity contribution in [3.05, 3.63) is 22.4 Å². The summed E-state index contributed by atoms with van der Waals surface area (Å²) in [5.41, 5.74) is 1.11. The quantitative estimate of drug-likeness (QED) is 0.487. The molecule has 0 radical (unpaired) electrons. The second kappa shape index (κ2) is 7.23. The number of amides is 1. The molecule has 2 nitrogen and oxygen atoms in total. The number of nitrogens with one attached hydrogen (secondary N) is 1. The van der Waals surface area contributed by atoms with Crippen LogP contribution in [0.15, 0.2) is 16.8 Å². The van der Waals surface area contributed by atoms with Gasteiger partial charge in [0, 0.05) is 6.54 Å². The highest BCUT2D eigenvalue weighted by Crippen LogP contribution is 2.06. The van der Waals surface area contributed by atoms with Gasteiger partial charge in [0.05, 0.1) is 6.42 Å². The van der Waals surface area contributed by atoms with Crippen LogP contribution in [0.3, 0.4) is 0 Å². The molecule has 0 aliphatic rings. The molecule has 1 amide bonds. The van der Waals surface area contributed by atoms with E-state index < -0.39 is 0 Å². The third-order valence-electron chi connectivity index (χ3n) is 1.83. The maximum absolute atomic E-state index is 11.4. The van der Waals surface area contributed by atoms with Crippen LogP contribution in [0, 0.1) is 0 Å². The maximum atomic E-state index is 11.4. The van der Waals surface area contributed by atoms with Crippen molar-refractivity contribution >= 4 is 39.8 Å². The van der Waals surface area contributed by atoms with Crippen LogP contribution in [0.4, 0.5) is 0 Å². The molecule has 1 heterocycles. The number of rotatable bonds is 6. The van der Waals surface area contributed by atoms with Crippen molar-refractivity contribution in [2.24, 2.45) is 0 Å². The molecule has 0 atom stereocenters. The van der Waals surface area contributed by atoms with Crippen LogP contribution in [-0.4, -0.2) is 16.9 Å². The molecule has 0 saturated carbocycles. The Hall–Kier alpha value is -0.100. The van der Waals surface area contributed by atoms with E-state index in [1.807, 2.05) is 16.8 Å². The molecule has 1 rings (SSSR count). The van der Waals surface area contributed by atoms with Crippen molar-refractivity contribution in [1.29, 1.82) is 0 Å². The van der Waals surface area contributed by atoms with Crippen molar-refractivity contribution < 1.29 is 4.79 Å². The van der Waals surface area contributed by atoms with Crippen molar-refractivity contribution in [3.8, 4) is 0 Å². The molecule has 0 spiro atoms. The highest BCUT2D eigenvalue weighted by atomic mass is 127. The maximum Gasteiger partial charge on any atom is 0.224 e. The molecule has 4 heteroatoms. The van der Waals surface area contributed by atoms with Crippen LogP contribution in [0.1, 0.15) is 18.4 Å². The van der Waals surface area contributed by atoms with Crippen molar-refractivity contribution in [3.63, 3.8) is 0 Å². The first-order valence-corrected chi connectivity index (χ1v) is 7.13. The fourth-order valence-corrected chi connectivity index (χ4v) is 2.30. The number of carbonyl (C=O) groups is 1. The molecule has 0 fully saturated rings. The summed E-state index contributed by atoms with van der Waals surface area (Å²) in [4.78, 5) is 11.4. The van der Waals surface area contributed by atoms with E-state index in [0.29, 0.717) is 6.42 Å². The summed E-state index contributed by atoms with van der Waals surface area (Å²) in [5.74, 6) is 0.136. The van der Waals surface area contributed by atoms with Crippen molar-refractivity contribution in [2.45, 2.75) is 19.3 Å². The minimum absolute atomic E-state index is 0.136. The van der Waals surface area contributed by atoms with Crippen LogP contribution in [-0.2, 0) is 11.2 Å². The first-order valence-electron chi connectivity index (χ1n) is 4.66. The molecule has 0 aliphatic carbocycles. The fraction of sp³-hybridized carbons (Fsp3) is 0.500. The SMILES string of the molecule is O=C(Cc1ccsc1)NCCCCI. The Morgan fingerprint density at radius 3 is 3.00 bits per heavy atom. The molecule has 0 bridgehead atoms. The normalized spacial score (nSPS) is 10.1. The average molecular weight is 323 g/mol. The van der Waals surface area contributed by atoms with Crippen LogP contribution < -0.4 is 5.32 Å². The minimum Gasteiger partial charge on any atom is -0.356 e. The Morgan fingerprint density at radius 2 is 2.36 bits per heavy atom. The average Bonchev–Trinajstić information content (AvgIpc) is 2.65. The van der Waals surface area contributed by atoms with E-state index in [-0.39, 0.29) is 5.91 Å². The summed E-state index contributed by atoms with van der Waals surface area (Å²) in [5, 5.41) is 6.94. The van der Waals surface area contributed by atoms with Crippen LogP contribution in [0.2, 0.25) is 0 Å². The summed E-state index contributed by atoms with van der Waals surface area (Å²) >= 11 is 3.98. The Kier molecular flexibility index (Phi) is 6.18. The first-order chi connectivity index (χ1) is 6.83. The molecule has 1 aromatic rings. The van der Waals surface area contributed by atoms with Crippen molar-refractivity contribution in [2.75, 3.05) is 11.0 Å². The highest BCUT2D eigenvalue weighted by Gasteiger charge is 2.01. The fourth-order valence-electron chi connectivity index (χ4n) is 1.09. The lowest BCUT2D eigenvalue weighted by molar-refractivity contribution is -0.120. The molecular weight excluding hydrogens is 309 g/mol. The molecule has 14 heavy (non-hydrogen) atoms. The number of thiophene rings is 1. The van der Waals surface area contributed by atoms with Gasteiger partial charge in [0.15, 0.2) is 0 Å². The molecular formula is C10H14INOS. The number of hydrogen-bond acceptors (Lipinski definition) is 2. The predicted molar refractivity (Wildman–Crippen MR) is 69.2 cm³/mol. The summed E-state index contributed by atoms with van der Waals surface area (Å²) in [6.07, 6.45) is 2.78. The summed E-state index contributed by atoms with van der Waals surface area (Å²) in [7, 11) is 0. The van der Waals surface area contributed by atoms with Gasteiger partial charge in [-0.05, 0) is 39.7 Å². The van der Waals surface area contributed by atoms with Gasteiger partial charge in [0.25, 0.3) is 0 Å². The van der Waals surface area contributed by atoms with E-state index in [2.05, 4.69) is 27.9 Å². The second-order valence-corrected chi connectivity index (χ2v) is 4.91. The van der Waals surface area contributed by atoms with E-state index in [1.165, 1.54) is 6.42 Å². The summed E-state index contributed by atoms with van der Waals surface area (Å²) in [6.45, 7) is 0.811. The van der Waals surface area contributed by atoms with E-state index in [4.69, 9.17) is 0 Å². The van der Waals surface area contributed by atoms with Gasteiger partial charge in [-0.3, -0.25) is 4.79 Å². The van der Waals surface area contributed by atoms with Crippen LogP contribution in [0.5, 0.6) is 0 Å². The number of alkyl halides is 1. The summed E-state index contributed by atoms with van der Waals surface area (Å²) < 4.78 is 1.16. The van der Waals surface area contributed by atoms with Gasteiger partial charge < -0.3 is 5.32 Å². The van der Waals surface area contributed by atoms with Gasteiger partial charge in [-0.25, -0.2) is 0 Å². The van der Waals surface area contributed by atoms with E-state index in [1.54, 1.807) is 11.3 Å². The van der Waals surface area contributed by atoms with Crippen molar-refractivity contribution in [1.82, 2.24) is 5.32 Å². The minimum atomic E-state index is 0.136. The third-order valence-corrected chi connectivity index (χ3v) is 3.32. The number of hydrogen-bond donors (Lipinski definition) is 1. The number of unbranched alkanes of at least 4 members (excludes halogenated alkanes) is 1. The zero-order valence-electron chi connectivity index (χ0n) is 7.96. The van der Waals surface area contributed by atoms with E-state index in [0.717, 1.165) is 23.0 Å². The Morgan fingerprint density at radius 1 is 1.50 bits per heavy atom.